The maximum absolute atomic E-state index is 11.1. The standard InChI is InChI=1S/C15H13N3O4/c1-21-12-5-6-14(13(8-12)18(19)20)22-10-11-9-17-7-3-2-4-15(17)16-11/h2-9H,10H2,1H3. The lowest BCUT2D eigenvalue weighted by Gasteiger charge is -2.06. The number of fused-ring (bicyclic) bond motifs is 1. The molecule has 0 N–H and O–H groups in total. The van der Waals surface area contributed by atoms with E-state index < -0.39 is 4.92 Å². The van der Waals surface area contributed by atoms with Crippen LogP contribution in [0.15, 0.2) is 48.8 Å². The van der Waals surface area contributed by atoms with E-state index in [0.717, 1.165) is 5.65 Å². The Labute approximate surface area is 125 Å². The lowest BCUT2D eigenvalue weighted by atomic mass is 10.3. The number of rotatable bonds is 5. The zero-order valence-electron chi connectivity index (χ0n) is 11.8. The molecule has 7 nitrogen and oxygen atoms in total. The van der Waals surface area contributed by atoms with Gasteiger partial charge in [0.25, 0.3) is 0 Å². The Morgan fingerprint density at radius 2 is 2.18 bits per heavy atom. The summed E-state index contributed by atoms with van der Waals surface area (Å²) in [7, 11) is 1.45. The maximum atomic E-state index is 11.1. The summed E-state index contributed by atoms with van der Waals surface area (Å²) in [5.41, 5.74) is 1.35. The van der Waals surface area contributed by atoms with Gasteiger partial charge in [-0.1, -0.05) is 6.07 Å². The van der Waals surface area contributed by atoms with Crippen molar-refractivity contribution >= 4 is 11.3 Å². The van der Waals surface area contributed by atoms with Crippen LogP contribution in [0.1, 0.15) is 5.69 Å². The first-order chi connectivity index (χ1) is 10.7. The van der Waals surface area contributed by atoms with E-state index in [1.807, 2.05) is 35.0 Å². The number of benzene rings is 1. The van der Waals surface area contributed by atoms with Gasteiger partial charge in [-0.25, -0.2) is 4.98 Å². The largest absolute Gasteiger partial charge is 0.496 e. The Morgan fingerprint density at radius 3 is 2.91 bits per heavy atom. The van der Waals surface area contributed by atoms with E-state index in [0.29, 0.717) is 11.4 Å². The van der Waals surface area contributed by atoms with E-state index in [1.54, 1.807) is 6.07 Å². The number of ether oxygens (including phenoxy) is 2. The van der Waals surface area contributed by atoms with Crippen LogP contribution in [0.2, 0.25) is 0 Å². The topological polar surface area (TPSA) is 78.9 Å². The average molecular weight is 299 g/mol. The first kappa shape index (κ1) is 13.9. The second-order valence-corrected chi connectivity index (χ2v) is 4.58. The fraction of sp³-hybridized carbons (Fsp3) is 0.133. The third-order valence-electron chi connectivity index (χ3n) is 3.15. The molecule has 0 aliphatic rings. The molecule has 2 heterocycles. The Bertz CT molecular complexity index is 796. The molecule has 0 radical (unpaired) electrons. The quantitative estimate of drug-likeness (QED) is 0.534. The second kappa shape index (κ2) is 5.72. The summed E-state index contributed by atoms with van der Waals surface area (Å²) in [5.74, 6) is 0.592. The monoisotopic (exact) mass is 299 g/mol. The molecular formula is C15H13N3O4. The lowest BCUT2D eigenvalue weighted by Crippen LogP contribution is -2.00. The molecule has 22 heavy (non-hydrogen) atoms. The Morgan fingerprint density at radius 1 is 1.32 bits per heavy atom. The predicted molar refractivity (Wildman–Crippen MR) is 79.2 cm³/mol. The van der Waals surface area contributed by atoms with Crippen LogP contribution >= 0.6 is 0 Å². The molecule has 0 saturated heterocycles. The smallest absolute Gasteiger partial charge is 0.314 e. The molecule has 0 amide bonds. The van der Waals surface area contributed by atoms with E-state index in [9.17, 15) is 10.1 Å². The molecule has 0 atom stereocenters. The molecule has 0 saturated carbocycles. The molecule has 7 heteroatoms. The number of imidazole rings is 1. The number of nitrogens with zero attached hydrogens (tertiary/aromatic N) is 3. The zero-order valence-corrected chi connectivity index (χ0v) is 11.8. The van der Waals surface area contributed by atoms with Crippen LogP contribution < -0.4 is 9.47 Å². The average Bonchev–Trinajstić information content (AvgIpc) is 2.95. The van der Waals surface area contributed by atoms with E-state index in [2.05, 4.69) is 4.98 Å². The highest BCUT2D eigenvalue weighted by Crippen LogP contribution is 2.31. The molecule has 112 valence electrons. The number of aromatic nitrogens is 2. The van der Waals surface area contributed by atoms with Crippen molar-refractivity contribution in [2.24, 2.45) is 0 Å². The molecule has 0 aliphatic heterocycles. The van der Waals surface area contributed by atoms with Gasteiger partial charge >= 0.3 is 5.69 Å². The highest BCUT2D eigenvalue weighted by atomic mass is 16.6. The Balaban J connectivity index is 1.82. The summed E-state index contributed by atoms with van der Waals surface area (Å²) in [5, 5.41) is 11.1. The molecule has 3 rings (SSSR count). The van der Waals surface area contributed by atoms with Crippen LogP contribution in [0.4, 0.5) is 5.69 Å². The van der Waals surface area contributed by atoms with Crippen molar-refractivity contribution in [3.63, 3.8) is 0 Å². The molecular weight excluding hydrogens is 286 g/mol. The van der Waals surface area contributed by atoms with E-state index in [4.69, 9.17) is 9.47 Å². The fourth-order valence-electron chi connectivity index (χ4n) is 2.10. The molecule has 2 aromatic heterocycles. The first-order valence-corrected chi connectivity index (χ1v) is 6.55. The minimum atomic E-state index is -0.498. The van der Waals surface area contributed by atoms with Crippen molar-refractivity contribution in [3.05, 3.63) is 64.6 Å². The van der Waals surface area contributed by atoms with E-state index in [-0.39, 0.29) is 18.0 Å². The summed E-state index contributed by atoms with van der Waals surface area (Å²) in [6.07, 6.45) is 3.70. The molecule has 3 aromatic rings. The van der Waals surface area contributed by atoms with Gasteiger partial charge in [0, 0.05) is 12.4 Å². The van der Waals surface area contributed by atoms with Crippen molar-refractivity contribution in [1.82, 2.24) is 9.38 Å². The van der Waals surface area contributed by atoms with Gasteiger partial charge in [-0.15, -0.1) is 0 Å². The normalized spacial score (nSPS) is 10.6. The van der Waals surface area contributed by atoms with Crippen LogP contribution in [0, 0.1) is 10.1 Å². The van der Waals surface area contributed by atoms with Crippen LogP contribution in [0.5, 0.6) is 11.5 Å². The van der Waals surface area contributed by atoms with E-state index >= 15 is 0 Å². The molecule has 0 unspecified atom stereocenters. The van der Waals surface area contributed by atoms with Crippen molar-refractivity contribution < 1.29 is 14.4 Å². The van der Waals surface area contributed by atoms with Gasteiger partial charge < -0.3 is 13.9 Å². The van der Waals surface area contributed by atoms with Gasteiger partial charge in [-0.2, -0.15) is 0 Å². The third-order valence-corrected chi connectivity index (χ3v) is 3.15. The van der Waals surface area contributed by atoms with Crippen LogP contribution in [0.3, 0.4) is 0 Å². The molecule has 0 aliphatic carbocycles. The van der Waals surface area contributed by atoms with Crippen LogP contribution in [0.25, 0.3) is 5.65 Å². The van der Waals surface area contributed by atoms with Gasteiger partial charge in [0.2, 0.25) is 0 Å². The fourth-order valence-corrected chi connectivity index (χ4v) is 2.10. The summed E-state index contributed by atoms with van der Waals surface area (Å²) in [6.45, 7) is 0.148. The highest BCUT2D eigenvalue weighted by molar-refractivity contribution is 5.51. The number of hydrogen-bond donors (Lipinski definition) is 0. The van der Waals surface area contributed by atoms with Crippen LogP contribution in [-0.2, 0) is 6.61 Å². The summed E-state index contributed by atoms with van der Waals surface area (Å²) < 4.78 is 12.4. The first-order valence-electron chi connectivity index (χ1n) is 6.55. The zero-order chi connectivity index (χ0) is 15.5. The maximum Gasteiger partial charge on any atom is 0.314 e. The van der Waals surface area contributed by atoms with Gasteiger partial charge in [0.05, 0.1) is 23.8 Å². The third kappa shape index (κ3) is 2.69. The van der Waals surface area contributed by atoms with Gasteiger partial charge in [0.1, 0.15) is 18.0 Å². The Kier molecular flexibility index (Phi) is 3.61. The highest BCUT2D eigenvalue weighted by Gasteiger charge is 2.17. The van der Waals surface area contributed by atoms with Gasteiger partial charge in [0.15, 0.2) is 5.75 Å². The van der Waals surface area contributed by atoms with Crippen molar-refractivity contribution in [2.75, 3.05) is 7.11 Å². The van der Waals surface area contributed by atoms with Gasteiger partial charge in [-0.3, -0.25) is 10.1 Å². The van der Waals surface area contributed by atoms with Crippen molar-refractivity contribution in [2.45, 2.75) is 6.61 Å². The molecule has 0 spiro atoms. The van der Waals surface area contributed by atoms with Crippen molar-refractivity contribution in [3.8, 4) is 11.5 Å². The van der Waals surface area contributed by atoms with Crippen molar-refractivity contribution in [1.29, 1.82) is 0 Å². The summed E-state index contributed by atoms with van der Waals surface area (Å²) in [6, 6.07) is 10.1. The number of pyridine rings is 1. The molecule has 0 fully saturated rings. The number of nitro benzene ring substituents is 1. The van der Waals surface area contributed by atoms with E-state index in [1.165, 1.54) is 19.2 Å². The van der Waals surface area contributed by atoms with Gasteiger partial charge in [-0.05, 0) is 24.3 Å². The summed E-state index contributed by atoms with van der Waals surface area (Å²) >= 11 is 0. The van der Waals surface area contributed by atoms with Crippen LogP contribution in [-0.4, -0.2) is 21.4 Å². The SMILES string of the molecule is COc1ccc(OCc2cn3ccccc3n2)c([N+](=O)[O-])c1. The number of nitro groups is 1. The molecule has 1 aromatic carbocycles. The lowest BCUT2D eigenvalue weighted by molar-refractivity contribution is -0.386. The molecule has 0 bridgehead atoms. The minimum Gasteiger partial charge on any atom is -0.496 e. The minimum absolute atomic E-state index is 0.136. The number of methoxy groups -OCH3 is 1. The summed E-state index contributed by atoms with van der Waals surface area (Å²) in [4.78, 5) is 15.0. The number of hydrogen-bond acceptors (Lipinski definition) is 5. The Hall–Kier alpha value is -3.09. The second-order valence-electron chi connectivity index (χ2n) is 4.58. The predicted octanol–water partition coefficient (Wildman–Crippen LogP) is 2.83.